The van der Waals surface area contributed by atoms with Gasteiger partial charge in [-0.1, -0.05) is 24.3 Å². The molecule has 2 aromatic rings. The zero-order valence-electron chi connectivity index (χ0n) is 21.7. The SMILES string of the molecule is Cc1c(OCCCN2CCCC2)cccc1-c1cccc(OCCCN2CCN(C)C(=O)C2)c1C. The second-order valence-electron chi connectivity index (χ2n) is 9.90. The van der Waals surface area contributed by atoms with Crippen LogP contribution in [0.2, 0.25) is 0 Å². The van der Waals surface area contributed by atoms with Gasteiger partial charge in [0.25, 0.3) is 0 Å². The molecule has 6 nitrogen and oxygen atoms in total. The molecular formula is C29H41N3O3. The van der Waals surface area contributed by atoms with Crippen molar-refractivity contribution in [3.8, 4) is 22.6 Å². The Morgan fingerprint density at radius 2 is 1.29 bits per heavy atom. The van der Waals surface area contributed by atoms with Crippen LogP contribution in [0.1, 0.15) is 36.8 Å². The van der Waals surface area contributed by atoms with Crippen LogP contribution >= 0.6 is 0 Å². The molecule has 2 aliphatic heterocycles. The van der Waals surface area contributed by atoms with E-state index in [1.807, 2.05) is 13.1 Å². The van der Waals surface area contributed by atoms with Gasteiger partial charge in [-0.3, -0.25) is 9.69 Å². The van der Waals surface area contributed by atoms with Crippen molar-refractivity contribution in [2.75, 3.05) is 66.1 Å². The second-order valence-corrected chi connectivity index (χ2v) is 9.90. The molecule has 4 rings (SSSR count). The Morgan fingerprint density at radius 3 is 1.83 bits per heavy atom. The number of piperazine rings is 1. The van der Waals surface area contributed by atoms with Crippen LogP contribution in [0.15, 0.2) is 36.4 Å². The van der Waals surface area contributed by atoms with Crippen molar-refractivity contribution in [1.82, 2.24) is 14.7 Å². The number of ether oxygens (including phenoxy) is 2. The zero-order chi connectivity index (χ0) is 24.6. The molecule has 0 saturated carbocycles. The maximum absolute atomic E-state index is 11.9. The van der Waals surface area contributed by atoms with Crippen molar-refractivity contribution >= 4 is 5.91 Å². The molecule has 0 radical (unpaired) electrons. The molecule has 2 heterocycles. The van der Waals surface area contributed by atoms with Gasteiger partial charge in [0.1, 0.15) is 11.5 Å². The molecule has 0 aliphatic carbocycles. The van der Waals surface area contributed by atoms with Gasteiger partial charge in [-0.25, -0.2) is 0 Å². The fourth-order valence-corrected chi connectivity index (χ4v) is 5.07. The lowest BCUT2D eigenvalue weighted by Gasteiger charge is -2.31. The van der Waals surface area contributed by atoms with Gasteiger partial charge in [0.15, 0.2) is 0 Å². The molecule has 0 bridgehead atoms. The standard InChI is InChI=1S/C29H41N3O3/c1-23-25(10-6-12-27(23)34-20-8-16-31-14-4-5-15-31)26-11-7-13-28(24(26)2)35-21-9-17-32-19-18-30(3)29(33)22-32/h6-7,10-13H,4-5,8-9,14-22H2,1-3H3. The lowest BCUT2D eigenvalue weighted by molar-refractivity contribution is -0.134. The molecule has 0 aromatic heterocycles. The Morgan fingerprint density at radius 1 is 0.743 bits per heavy atom. The van der Waals surface area contributed by atoms with Crippen LogP contribution in [0.4, 0.5) is 0 Å². The first kappa shape index (κ1) is 25.5. The molecule has 0 spiro atoms. The highest BCUT2D eigenvalue weighted by Gasteiger charge is 2.20. The summed E-state index contributed by atoms with van der Waals surface area (Å²) in [6.45, 7) is 12.4. The molecule has 0 atom stereocenters. The second kappa shape index (κ2) is 12.4. The Labute approximate surface area is 210 Å². The van der Waals surface area contributed by atoms with E-state index in [-0.39, 0.29) is 5.91 Å². The number of likely N-dealkylation sites (N-methyl/N-ethyl adjacent to an activating group) is 1. The molecule has 190 valence electrons. The minimum Gasteiger partial charge on any atom is -0.493 e. The Hall–Kier alpha value is -2.57. The fourth-order valence-electron chi connectivity index (χ4n) is 5.07. The Bertz CT molecular complexity index is 987. The summed E-state index contributed by atoms with van der Waals surface area (Å²) in [6.07, 6.45) is 4.64. The molecule has 0 unspecified atom stereocenters. The summed E-state index contributed by atoms with van der Waals surface area (Å²) >= 11 is 0. The first-order valence-corrected chi connectivity index (χ1v) is 13.2. The average Bonchev–Trinajstić information content (AvgIpc) is 3.37. The van der Waals surface area contributed by atoms with Gasteiger partial charge in [0.05, 0.1) is 19.8 Å². The van der Waals surface area contributed by atoms with Crippen LogP contribution in [0, 0.1) is 13.8 Å². The van der Waals surface area contributed by atoms with Crippen LogP contribution in [0.25, 0.3) is 11.1 Å². The number of carbonyl (C=O) groups is 1. The van der Waals surface area contributed by atoms with Gasteiger partial charge < -0.3 is 19.3 Å². The normalized spacial score (nSPS) is 17.2. The summed E-state index contributed by atoms with van der Waals surface area (Å²) in [6, 6.07) is 12.6. The van der Waals surface area contributed by atoms with Crippen LogP contribution in [-0.2, 0) is 4.79 Å². The van der Waals surface area contributed by atoms with E-state index in [0.29, 0.717) is 13.2 Å². The third-order valence-electron chi connectivity index (χ3n) is 7.35. The topological polar surface area (TPSA) is 45.3 Å². The Kier molecular flexibility index (Phi) is 9.05. The number of likely N-dealkylation sites (tertiary alicyclic amines) is 1. The van der Waals surface area contributed by atoms with Crippen LogP contribution < -0.4 is 9.47 Å². The number of hydrogen-bond acceptors (Lipinski definition) is 5. The number of benzene rings is 2. The summed E-state index contributed by atoms with van der Waals surface area (Å²) in [5.74, 6) is 2.10. The molecule has 6 heteroatoms. The van der Waals surface area contributed by atoms with E-state index >= 15 is 0 Å². The molecule has 35 heavy (non-hydrogen) atoms. The average molecular weight is 480 g/mol. The van der Waals surface area contributed by atoms with Crippen LogP contribution in [0.3, 0.4) is 0 Å². The maximum Gasteiger partial charge on any atom is 0.236 e. The van der Waals surface area contributed by atoms with E-state index in [1.54, 1.807) is 4.90 Å². The Balaban J connectivity index is 1.31. The van der Waals surface area contributed by atoms with Gasteiger partial charge in [-0.05, 0) is 87.0 Å². The summed E-state index contributed by atoms with van der Waals surface area (Å²) < 4.78 is 12.4. The smallest absolute Gasteiger partial charge is 0.236 e. The van der Waals surface area contributed by atoms with Gasteiger partial charge >= 0.3 is 0 Å². The largest absolute Gasteiger partial charge is 0.493 e. The van der Waals surface area contributed by atoms with Crippen molar-refractivity contribution in [3.63, 3.8) is 0 Å². The zero-order valence-corrected chi connectivity index (χ0v) is 21.7. The number of hydrogen-bond donors (Lipinski definition) is 0. The molecule has 2 aliphatic rings. The van der Waals surface area contributed by atoms with E-state index < -0.39 is 0 Å². The molecular weight excluding hydrogens is 438 g/mol. The molecule has 2 fully saturated rings. The van der Waals surface area contributed by atoms with Gasteiger partial charge in [0.2, 0.25) is 5.91 Å². The predicted molar refractivity (Wildman–Crippen MR) is 141 cm³/mol. The lowest BCUT2D eigenvalue weighted by Crippen LogP contribution is -2.48. The minimum atomic E-state index is 0.203. The molecule has 2 aromatic carbocycles. The summed E-state index contributed by atoms with van der Waals surface area (Å²) in [4.78, 5) is 18.5. The third-order valence-corrected chi connectivity index (χ3v) is 7.35. The number of nitrogens with zero attached hydrogens (tertiary/aromatic N) is 3. The van der Waals surface area contributed by atoms with Crippen molar-refractivity contribution < 1.29 is 14.3 Å². The van der Waals surface area contributed by atoms with E-state index in [2.05, 4.69) is 54.0 Å². The highest BCUT2D eigenvalue weighted by Crippen LogP contribution is 2.35. The van der Waals surface area contributed by atoms with E-state index in [4.69, 9.17) is 9.47 Å². The quantitative estimate of drug-likeness (QED) is 0.448. The van der Waals surface area contributed by atoms with Crippen molar-refractivity contribution in [3.05, 3.63) is 47.5 Å². The highest BCUT2D eigenvalue weighted by molar-refractivity contribution is 5.78. The van der Waals surface area contributed by atoms with Crippen LogP contribution in [0.5, 0.6) is 11.5 Å². The molecule has 1 amide bonds. The summed E-state index contributed by atoms with van der Waals surface area (Å²) in [5.41, 5.74) is 4.71. The fraction of sp³-hybridized carbons (Fsp3) is 0.552. The van der Waals surface area contributed by atoms with E-state index in [9.17, 15) is 4.79 Å². The molecule has 0 N–H and O–H groups in total. The van der Waals surface area contributed by atoms with Gasteiger partial charge in [-0.15, -0.1) is 0 Å². The lowest BCUT2D eigenvalue weighted by atomic mass is 9.95. The monoisotopic (exact) mass is 479 g/mol. The number of amides is 1. The van der Waals surface area contributed by atoms with Gasteiger partial charge in [-0.2, -0.15) is 0 Å². The van der Waals surface area contributed by atoms with E-state index in [0.717, 1.165) is 62.7 Å². The first-order valence-electron chi connectivity index (χ1n) is 13.2. The summed E-state index contributed by atoms with van der Waals surface area (Å²) in [7, 11) is 1.87. The molecule has 2 saturated heterocycles. The maximum atomic E-state index is 11.9. The third kappa shape index (κ3) is 6.77. The highest BCUT2D eigenvalue weighted by atomic mass is 16.5. The summed E-state index contributed by atoms with van der Waals surface area (Å²) in [5, 5.41) is 0. The van der Waals surface area contributed by atoms with E-state index in [1.165, 1.54) is 42.6 Å². The first-order chi connectivity index (χ1) is 17.0. The van der Waals surface area contributed by atoms with Crippen molar-refractivity contribution in [2.45, 2.75) is 39.5 Å². The number of rotatable bonds is 11. The van der Waals surface area contributed by atoms with Crippen LogP contribution in [-0.4, -0.2) is 86.7 Å². The number of carbonyl (C=O) groups excluding carboxylic acids is 1. The minimum absolute atomic E-state index is 0.203. The van der Waals surface area contributed by atoms with Gasteiger partial charge in [0, 0.05) is 33.2 Å². The van der Waals surface area contributed by atoms with Crippen molar-refractivity contribution in [2.24, 2.45) is 0 Å². The predicted octanol–water partition coefficient (Wildman–Crippen LogP) is 4.38. The van der Waals surface area contributed by atoms with Crippen molar-refractivity contribution in [1.29, 1.82) is 0 Å².